The van der Waals surface area contributed by atoms with Crippen LogP contribution in [-0.2, 0) is 0 Å². The molecule has 0 saturated carbocycles. The van der Waals surface area contributed by atoms with E-state index in [0.29, 0.717) is 15.6 Å². The lowest BCUT2D eigenvalue weighted by Gasteiger charge is -2.08. The van der Waals surface area contributed by atoms with Gasteiger partial charge in [0.1, 0.15) is 5.58 Å². The first-order chi connectivity index (χ1) is 9.54. The largest absolute Gasteiger partial charge is 0.423 e. The molecule has 0 N–H and O–H groups in total. The number of fused-ring (bicyclic) bond motifs is 1. The van der Waals surface area contributed by atoms with Crippen molar-refractivity contribution >= 4 is 50.1 Å². The Morgan fingerprint density at radius 1 is 0.950 bits per heavy atom. The van der Waals surface area contributed by atoms with E-state index < -0.39 is 5.63 Å². The highest BCUT2D eigenvalue weighted by Crippen LogP contribution is 2.34. The van der Waals surface area contributed by atoms with E-state index in [9.17, 15) is 4.79 Å². The molecule has 3 rings (SSSR count). The average molecular weight is 370 g/mol. The zero-order valence-electron chi connectivity index (χ0n) is 9.99. The highest BCUT2D eigenvalue weighted by molar-refractivity contribution is 9.10. The van der Waals surface area contributed by atoms with E-state index in [1.165, 1.54) is 6.07 Å². The second-order valence-corrected chi connectivity index (χ2v) is 6.00. The summed E-state index contributed by atoms with van der Waals surface area (Å²) in [5.41, 5.74) is 1.56. The molecule has 0 spiro atoms. The van der Waals surface area contributed by atoms with Crippen LogP contribution < -0.4 is 5.63 Å². The van der Waals surface area contributed by atoms with Crippen molar-refractivity contribution in [3.05, 3.63) is 67.4 Å². The number of halogens is 3. The van der Waals surface area contributed by atoms with Gasteiger partial charge in [0.15, 0.2) is 0 Å². The van der Waals surface area contributed by atoms with Crippen molar-refractivity contribution in [2.24, 2.45) is 0 Å². The lowest BCUT2D eigenvalue weighted by atomic mass is 10.0. The summed E-state index contributed by atoms with van der Waals surface area (Å²) < 4.78 is 6.05. The number of hydrogen-bond donors (Lipinski definition) is 0. The molecule has 0 aliphatic carbocycles. The van der Waals surface area contributed by atoms with Gasteiger partial charge in [-0.1, -0.05) is 45.2 Å². The minimum absolute atomic E-state index is 0.420. The normalized spacial score (nSPS) is 10.9. The molecule has 2 aromatic carbocycles. The minimum Gasteiger partial charge on any atom is -0.423 e. The van der Waals surface area contributed by atoms with Crippen LogP contribution in [0.1, 0.15) is 0 Å². The maximum Gasteiger partial charge on any atom is 0.336 e. The minimum atomic E-state index is -0.420. The average Bonchev–Trinajstić information content (AvgIpc) is 2.37. The van der Waals surface area contributed by atoms with Gasteiger partial charge in [0.25, 0.3) is 0 Å². The second-order valence-electron chi connectivity index (χ2n) is 4.24. The summed E-state index contributed by atoms with van der Waals surface area (Å²) in [7, 11) is 0. The van der Waals surface area contributed by atoms with Gasteiger partial charge in [0, 0.05) is 37.1 Å². The molecule has 20 heavy (non-hydrogen) atoms. The van der Waals surface area contributed by atoms with Crippen molar-refractivity contribution in [3.8, 4) is 11.1 Å². The molecule has 0 unspecified atom stereocenters. The number of rotatable bonds is 1. The fraction of sp³-hybridized carbons (Fsp3) is 0. The Kier molecular flexibility index (Phi) is 3.59. The van der Waals surface area contributed by atoms with Gasteiger partial charge in [0.2, 0.25) is 0 Å². The third kappa shape index (κ3) is 2.49. The zero-order valence-corrected chi connectivity index (χ0v) is 13.1. The fourth-order valence-corrected chi connectivity index (χ4v) is 2.92. The summed E-state index contributed by atoms with van der Waals surface area (Å²) in [6, 6.07) is 12.1. The smallest absolute Gasteiger partial charge is 0.336 e. The van der Waals surface area contributed by atoms with Crippen molar-refractivity contribution < 1.29 is 4.42 Å². The molecular formula is C15H7BrCl2O2. The monoisotopic (exact) mass is 368 g/mol. The molecule has 0 aliphatic heterocycles. The molecule has 1 heterocycles. The zero-order chi connectivity index (χ0) is 14.3. The summed E-state index contributed by atoms with van der Waals surface area (Å²) in [5.74, 6) is 0. The third-order valence-electron chi connectivity index (χ3n) is 2.93. The molecule has 1 aromatic heterocycles. The lowest BCUT2D eigenvalue weighted by Crippen LogP contribution is -1.98. The molecule has 0 aliphatic rings. The molecule has 3 aromatic rings. The summed E-state index contributed by atoms with van der Waals surface area (Å²) in [5, 5.41) is 1.86. The van der Waals surface area contributed by atoms with Crippen LogP contribution in [-0.4, -0.2) is 0 Å². The maximum absolute atomic E-state index is 11.7. The molecule has 0 atom stereocenters. The first-order valence-electron chi connectivity index (χ1n) is 5.73. The van der Waals surface area contributed by atoms with Crippen molar-refractivity contribution in [2.75, 3.05) is 0 Å². The van der Waals surface area contributed by atoms with E-state index in [1.807, 2.05) is 12.1 Å². The van der Waals surface area contributed by atoms with Crippen LogP contribution in [0.3, 0.4) is 0 Å². The second kappa shape index (κ2) is 5.24. The first-order valence-corrected chi connectivity index (χ1v) is 7.28. The van der Waals surface area contributed by atoms with Crippen LogP contribution >= 0.6 is 39.1 Å². The molecule has 2 nitrogen and oxygen atoms in total. The molecule has 0 radical (unpaired) electrons. The van der Waals surface area contributed by atoms with Gasteiger partial charge >= 0.3 is 5.63 Å². The van der Waals surface area contributed by atoms with Crippen LogP contribution in [0.4, 0.5) is 0 Å². The fourth-order valence-electron chi connectivity index (χ4n) is 2.07. The van der Waals surface area contributed by atoms with Crippen molar-refractivity contribution in [3.63, 3.8) is 0 Å². The Bertz CT molecular complexity index is 871. The highest BCUT2D eigenvalue weighted by Gasteiger charge is 2.11. The van der Waals surface area contributed by atoms with Gasteiger partial charge in [0.05, 0.1) is 0 Å². The predicted molar refractivity (Wildman–Crippen MR) is 85.6 cm³/mol. The molecular weight excluding hydrogens is 363 g/mol. The summed E-state index contributed by atoms with van der Waals surface area (Å²) >= 11 is 15.5. The maximum atomic E-state index is 11.7. The van der Waals surface area contributed by atoms with Gasteiger partial charge in [-0.15, -0.1) is 0 Å². The van der Waals surface area contributed by atoms with E-state index in [0.717, 1.165) is 21.0 Å². The lowest BCUT2D eigenvalue weighted by molar-refractivity contribution is 0.561. The topological polar surface area (TPSA) is 30.2 Å². The van der Waals surface area contributed by atoms with E-state index >= 15 is 0 Å². The van der Waals surface area contributed by atoms with Crippen molar-refractivity contribution in [2.45, 2.75) is 0 Å². The Labute approximate surface area is 133 Å². The van der Waals surface area contributed by atoms with Crippen LogP contribution in [0.25, 0.3) is 22.1 Å². The molecule has 0 bridgehead atoms. The van der Waals surface area contributed by atoms with Gasteiger partial charge in [-0.05, 0) is 30.3 Å². The van der Waals surface area contributed by atoms with Crippen LogP contribution in [0.15, 0.2) is 56.1 Å². The third-order valence-corrected chi connectivity index (χ3v) is 3.97. The Morgan fingerprint density at radius 2 is 1.75 bits per heavy atom. The van der Waals surface area contributed by atoms with Crippen LogP contribution in [0.5, 0.6) is 0 Å². The van der Waals surface area contributed by atoms with E-state index in [2.05, 4.69) is 15.9 Å². The Hall–Kier alpha value is -1.29. The Morgan fingerprint density at radius 3 is 2.50 bits per heavy atom. The molecule has 0 fully saturated rings. The number of hydrogen-bond acceptors (Lipinski definition) is 2. The standard InChI is InChI=1S/C15H7BrCl2O2/c16-8-1-3-11-12(7-15(19)20-14(11)5-8)10-4-2-9(17)6-13(10)18/h1-7H. The molecule has 100 valence electrons. The summed E-state index contributed by atoms with van der Waals surface area (Å²) in [6.45, 7) is 0. The summed E-state index contributed by atoms with van der Waals surface area (Å²) in [6.07, 6.45) is 0. The SMILES string of the molecule is O=c1cc(-c2ccc(Cl)cc2Cl)c2ccc(Br)cc2o1. The Balaban J connectivity index is 2.38. The van der Waals surface area contributed by atoms with Gasteiger partial charge in [-0.2, -0.15) is 0 Å². The summed E-state index contributed by atoms with van der Waals surface area (Å²) in [4.78, 5) is 11.7. The molecule has 0 saturated heterocycles. The highest BCUT2D eigenvalue weighted by atomic mass is 79.9. The van der Waals surface area contributed by atoms with Gasteiger partial charge in [-0.25, -0.2) is 4.79 Å². The van der Waals surface area contributed by atoms with Crippen LogP contribution in [0, 0.1) is 0 Å². The van der Waals surface area contributed by atoms with E-state index in [1.54, 1.807) is 24.3 Å². The quantitative estimate of drug-likeness (QED) is 0.528. The van der Waals surface area contributed by atoms with Crippen LogP contribution in [0.2, 0.25) is 10.0 Å². The molecule has 0 amide bonds. The predicted octanol–water partition coefficient (Wildman–Crippen LogP) is 5.53. The van der Waals surface area contributed by atoms with Crippen molar-refractivity contribution in [1.29, 1.82) is 0 Å². The van der Waals surface area contributed by atoms with Gasteiger partial charge in [-0.3, -0.25) is 0 Å². The van der Waals surface area contributed by atoms with Crippen molar-refractivity contribution in [1.82, 2.24) is 0 Å². The number of benzene rings is 2. The van der Waals surface area contributed by atoms with E-state index in [-0.39, 0.29) is 0 Å². The first kappa shape index (κ1) is 13.7. The van der Waals surface area contributed by atoms with Gasteiger partial charge < -0.3 is 4.42 Å². The van der Waals surface area contributed by atoms with E-state index in [4.69, 9.17) is 27.6 Å². The molecule has 5 heteroatoms.